The first-order valence-corrected chi connectivity index (χ1v) is 7.34. The van der Waals surface area contributed by atoms with Crippen LogP contribution in [0.1, 0.15) is 32.6 Å². The van der Waals surface area contributed by atoms with Crippen molar-refractivity contribution in [3.05, 3.63) is 0 Å². The average Bonchev–Trinajstić information content (AvgIpc) is 2.83. The van der Waals surface area contributed by atoms with Crippen LogP contribution in [-0.4, -0.2) is 34.8 Å². The van der Waals surface area contributed by atoms with E-state index in [9.17, 15) is 9.59 Å². The largest absolute Gasteiger partial charge is 0.282 e. The quantitative estimate of drug-likeness (QED) is 0.545. The predicted octanol–water partition coefficient (Wildman–Crippen LogP) is 1.91. The monoisotopic (exact) mass is 241 g/mol. The predicted molar refractivity (Wildman–Crippen MR) is 65.2 cm³/mol. The first-order valence-electron chi connectivity index (χ1n) is 6.18. The lowest BCUT2D eigenvalue weighted by molar-refractivity contribution is -0.139. The summed E-state index contributed by atoms with van der Waals surface area (Å²) in [6, 6.07) is 0. The highest BCUT2D eigenvalue weighted by Gasteiger charge is 2.49. The fourth-order valence-corrected chi connectivity index (χ4v) is 3.86. The second-order valence-electron chi connectivity index (χ2n) is 4.64. The van der Waals surface area contributed by atoms with Crippen molar-refractivity contribution < 1.29 is 9.59 Å². The fourth-order valence-electron chi connectivity index (χ4n) is 2.47. The molecule has 0 bridgehead atoms. The molecule has 0 spiro atoms. The second-order valence-corrected chi connectivity index (χ2v) is 5.71. The van der Waals surface area contributed by atoms with E-state index in [1.54, 1.807) is 11.8 Å². The van der Waals surface area contributed by atoms with Crippen molar-refractivity contribution in [2.45, 2.75) is 32.6 Å². The van der Waals surface area contributed by atoms with Crippen LogP contribution in [0.5, 0.6) is 0 Å². The molecule has 0 saturated carbocycles. The van der Waals surface area contributed by atoms with E-state index in [-0.39, 0.29) is 23.7 Å². The molecule has 0 aromatic rings. The van der Waals surface area contributed by atoms with Crippen molar-refractivity contribution in [3.63, 3.8) is 0 Å². The van der Waals surface area contributed by atoms with Crippen LogP contribution in [-0.2, 0) is 9.59 Å². The number of unbranched alkanes of at least 4 members (excludes halogenated alkanes) is 3. The van der Waals surface area contributed by atoms with Crippen molar-refractivity contribution in [3.8, 4) is 0 Å². The lowest BCUT2D eigenvalue weighted by Gasteiger charge is -2.15. The highest BCUT2D eigenvalue weighted by molar-refractivity contribution is 7.99. The van der Waals surface area contributed by atoms with Gasteiger partial charge in [-0.3, -0.25) is 14.5 Å². The van der Waals surface area contributed by atoms with Gasteiger partial charge in [-0.1, -0.05) is 26.2 Å². The number of imide groups is 1. The van der Waals surface area contributed by atoms with Gasteiger partial charge in [0, 0.05) is 18.1 Å². The minimum absolute atomic E-state index is 0.00340. The third kappa shape index (κ3) is 2.12. The van der Waals surface area contributed by atoms with E-state index >= 15 is 0 Å². The first kappa shape index (κ1) is 12.0. The molecule has 2 atom stereocenters. The van der Waals surface area contributed by atoms with Crippen LogP contribution in [0.4, 0.5) is 0 Å². The number of thioether (sulfide) groups is 1. The Bertz CT molecular complexity index is 271. The summed E-state index contributed by atoms with van der Waals surface area (Å²) in [5.41, 5.74) is 0. The van der Waals surface area contributed by atoms with Crippen LogP contribution in [0.15, 0.2) is 0 Å². The van der Waals surface area contributed by atoms with Gasteiger partial charge >= 0.3 is 0 Å². The molecule has 16 heavy (non-hydrogen) atoms. The van der Waals surface area contributed by atoms with E-state index in [2.05, 4.69) is 6.92 Å². The van der Waals surface area contributed by atoms with Gasteiger partial charge in [0.05, 0.1) is 11.8 Å². The van der Waals surface area contributed by atoms with Crippen molar-refractivity contribution in [1.82, 2.24) is 4.90 Å². The Balaban J connectivity index is 1.86. The summed E-state index contributed by atoms with van der Waals surface area (Å²) in [4.78, 5) is 25.4. The number of carbonyl (C=O) groups is 2. The first-order chi connectivity index (χ1) is 7.75. The number of nitrogens with zero attached hydrogens (tertiary/aromatic N) is 1. The standard InChI is InChI=1S/C12H19NO2S/c1-2-3-4-5-6-13-11(14)9-7-16-8-10(9)12(13)15/h9-10H,2-8H2,1H3/t9-,10+. The zero-order valence-corrected chi connectivity index (χ0v) is 10.6. The smallest absolute Gasteiger partial charge is 0.233 e. The highest BCUT2D eigenvalue weighted by Crippen LogP contribution is 2.37. The molecule has 2 fully saturated rings. The molecule has 90 valence electrons. The van der Waals surface area contributed by atoms with Gasteiger partial charge in [-0.25, -0.2) is 0 Å². The SMILES string of the molecule is CCCCCCN1C(=O)[C@H]2CSC[C@H]2C1=O. The summed E-state index contributed by atoms with van der Waals surface area (Å²) in [6.45, 7) is 2.81. The fraction of sp³-hybridized carbons (Fsp3) is 0.833. The normalized spacial score (nSPS) is 28.9. The molecule has 0 N–H and O–H groups in total. The molecular weight excluding hydrogens is 222 g/mol. The Morgan fingerprint density at radius 3 is 2.31 bits per heavy atom. The van der Waals surface area contributed by atoms with Crippen LogP contribution >= 0.6 is 11.8 Å². The third-order valence-electron chi connectivity index (χ3n) is 3.48. The maximum atomic E-state index is 12.0. The molecule has 3 nitrogen and oxygen atoms in total. The van der Waals surface area contributed by atoms with Crippen LogP contribution in [0.25, 0.3) is 0 Å². The number of fused-ring (bicyclic) bond motifs is 1. The lowest BCUT2D eigenvalue weighted by Crippen LogP contribution is -2.33. The van der Waals surface area contributed by atoms with Gasteiger partial charge < -0.3 is 0 Å². The number of carbonyl (C=O) groups excluding carboxylic acids is 2. The van der Waals surface area contributed by atoms with E-state index < -0.39 is 0 Å². The van der Waals surface area contributed by atoms with Gasteiger partial charge in [-0.05, 0) is 6.42 Å². The molecule has 0 radical (unpaired) electrons. The van der Waals surface area contributed by atoms with Gasteiger partial charge in [0.25, 0.3) is 0 Å². The van der Waals surface area contributed by atoms with Gasteiger partial charge in [0.1, 0.15) is 0 Å². The Kier molecular flexibility index (Phi) is 3.90. The molecule has 2 saturated heterocycles. The van der Waals surface area contributed by atoms with Crippen LogP contribution < -0.4 is 0 Å². The molecule has 4 heteroatoms. The number of rotatable bonds is 5. The third-order valence-corrected chi connectivity index (χ3v) is 4.67. The minimum atomic E-state index is 0.00340. The molecule has 2 heterocycles. The summed E-state index contributed by atoms with van der Waals surface area (Å²) in [7, 11) is 0. The zero-order valence-electron chi connectivity index (χ0n) is 9.78. The van der Waals surface area contributed by atoms with Gasteiger partial charge in [-0.2, -0.15) is 11.8 Å². The molecule has 0 aliphatic carbocycles. The Labute approximate surface area is 101 Å². The average molecular weight is 241 g/mol. The Hall–Kier alpha value is -0.510. The van der Waals surface area contributed by atoms with Crippen LogP contribution in [0.3, 0.4) is 0 Å². The maximum absolute atomic E-state index is 12.0. The minimum Gasteiger partial charge on any atom is -0.282 e. The molecule has 0 unspecified atom stereocenters. The summed E-state index contributed by atoms with van der Waals surface area (Å²) >= 11 is 1.74. The van der Waals surface area contributed by atoms with Crippen molar-refractivity contribution in [2.24, 2.45) is 11.8 Å². The summed E-state index contributed by atoms with van der Waals surface area (Å²) in [5, 5.41) is 0. The molecular formula is C12H19NO2S. The number of hydrogen-bond donors (Lipinski definition) is 0. The maximum Gasteiger partial charge on any atom is 0.233 e. The van der Waals surface area contributed by atoms with Gasteiger partial charge in [0.2, 0.25) is 11.8 Å². The van der Waals surface area contributed by atoms with E-state index in [1.807, 2.05) is 0 Å². The van der Waals surface area contributed by atoms with E-state index in [1.165, 1.54) is 17.7 Å². The van der Waals surface area contributed by atoms with Crippen LogP contribution in [0, 0.1) is 11.8 Å². The number of hydrogen-bond acceptors (Lipinski definition) is 3. The Morgan fingerprint density at radius 1 is 1.12 bits per heavy atom. The number of likely N-dealkylation sites (tertiary alicyclic amines) is 1. The molecule has 2 aliphatic heterocycles. The van der Waals surface area contributed by atoms with Crippen molar-refractivity contribution >= 4 is 23.6 Å². The van der Waals surface area contributed by atoms with Gasteiger partial charge in [-0.15, -0.1) is 0 Å². The zero-order chi connectivity index (χ0) is 11.5. The molecule has 2 amide bonds. The number of amides is 2. The van der Waals surface area contributed by atoms with E-state index in [4.69, 9.17) is 0 Å². The molecule has 0 aromatic heterocycles. The summed E-state index contributed by atoms with van der Waals surface area (Å²) in [5.74, 6) is 1.89. The van der Waals surface area contributed by atoms with Crippen molar-refractivity contribution in [2.75, 3.05) is 18.1 Å². The Morgan fingerprint density at radius 2 is 1.75 bits per heavy atom. The second kappa shape index (κ2) is 5.21. The highest BCUT2D eigenvalue weighted by atomic mass is 32.2. The van der Waals surface area contributed by atoms with Crippen LogP contribution in [0.2, 0.25) is 0 Å². The summed E-state index contributed by atoms with van der Waals surface area (Å²) < 4.78 is 0. The molecule has 0 aromatic carbocycles. The van der Waals surface area contributed by atoms with E-state index in [0.717, 1.165) is 24.3 Å². The molecule has 2 rings (SSSR count). The topological polar surface area (TPSA) is 37.4 Å². The summed E-state index contributed by atoms with van der Waals surface area (Å²) in [6.07, 6.45) is 4.47. The van der Waals surface area contributed by atoms with Crippen molar-refractivity contribution in [1.29, 1.82) is 0 Å². The van der Waals surface area contributed by atoms with Gasteiger partial charge in [0.15, 0.2) is 0 Å². The van der Waals surface area contributed by atoms with E-state index in [0.29, 0.717) is 6.54 Å². The molecule has 2 aliphatic rings. The lowest BCUT2D eigenvalue weighted by atomic mass is 10.00.